The van der Waals surface area contributed by atoms with Crippen molar-refractivity contribution in [1.29, 1.82) is 0 Å². The van der Waals surface area contributed by atoms with Crippen LogP contribution in [0.4, 0.5) is 4.39 Å². The fourth-order valence-electron chi connectivity index (χ4n) is 2.31. The monoisotopic (exact) mass is 368 g/mol. The van der Waals surface area contributed by atoms with Gasteiger partial charge in [-0.2, -0.15) is 0 Å². The van der Waals surface area contributed by atoms with E-state index >= 15 is 0 Å². The Morgan fingerprint density at radius 3 is 2.88 bits per heavy atom. The first-order valence-electron chi connectivity index (χ1n) is 7.80. The molecule has 6 heteroatoms. The van der Waals surface area contributed by atoms with E-state index in [1.807, 2.05) is 30.3 Å². The van der Waals surface area contributed by atoms with Gasteiger partial charge >= 0.3 is 0 Å². The molecule has 0 spiro atoms. The van der Waals surface area contributed by atoms with Crippen LogP contribution in [0.3, 0.4) is 0 Å². The summed E-state index contributed by atoms with van der Waals surface area (Å²) >= 11 is 5.84. The quantitative estimate of drug-likeness (QED) is 0.712. The molecule has 3 rings (SSSR count). The maximum Gasteiger partial charge on any atom is 0.253 e. The number of ether oxygens (including phenoxy) is 1. The summed E-state index contributed by atoms with van der Waals surface area (Å²) in [6, 6.07) is 13.1. The number of nitrogens with one attached hydrogen (secondary N) is 1. The molecule has 0 bridgehead atoms. The number of hydrogen-bond acceptors (Lipinski definition) is 3. The van der Waals surface area contributed by atoms with Gasteiger partial charge in [0, 0.05) is 11.6 Å². The summed E-state index contributed by atoms with van der Waals surface area (Å²) in [6.07, 6.45) is 1.71. The number of nitrogens with zero attached hydrogens (tertiary/aromatic N) is 1. The molecule has 2 aromatic carbocycles. The first kappa shape index (κ1) is 17.7. The maximum atomic E-state index is 13.0. The fraction of sp³-hybridized carbons (Fsp3) is 0.100. The van der Waals surface area contributed by atoms with E-state index in [2.05, 4.69) is 22.1 Å². The summed E-state index contributed by atoms with van der Waals surface area (Å²) in [5.74, 6) is 5.36. The number of aromatic nitrogens is 1. The maximum absolute atomic E-state index is 13.0. The first-order valence-corrected chi connectivity index (χ1v) is 8.18. The van der Waals surface area contributed by atoms with Gasteiger partial charge in [-0.25, -0.2) is 4.39 Å². The van der Waals surface area contributed by atoms with Crippen molar-refractivity contribution in [1.82, 2.24) is 10.3 Å². The van der Waals surface area contributed by atoms with E-state index in [9.17, 15) is 9.18 Å². The number of amides is 1. The summed E-state index contributed by atoms with van der Waals surface area (Å²) in [4.78, 5) is 16.3. The predicted molar refractivity (Wildman–Crippen MR) is 98.8 cm³/mol. The van der Waals surface area contributed by atoms with Crippen LogP contribution in [0.2, 0.25) is 5.02 Å². The molecule has 0 saturated carbocycles. The van der Waals surface area contributed by atoms with Crippen LogP contribution in [-0.2, 0) is 0 Å². The third kappa shape index (κ3) is 4.29. The summed E-state index contributed by atoms with van der Waals surface area (Å²) in [6.45, 7) is 0.298. The SMILES string of the molecule is O=C(NCC#CCOc1cccc2cccnc12)c1ccc(F)cc1Cl. The summed E-state index contributed by atoms with van der Waals surface area (Å²) in [7, 11) is 0. The Labute approximate surface area is 155 Å². The first-order chi connectivity index (χ1) is 12.6. The summed E-state index contributed by atoms with van der Waals surface area (Å²) in [5, 5.41) is 3.65. The minimum atomic E-state index is -0.494. The van der Waals surface area contributed by atoms with E-state index in [1.165, 1.54) is 12.1 Å². The van der Waals surface area contributed by atoms with Crippen LogP contribution >= 0.6 is 11.6 Å². The fourth-order valence-corrected chi connectivity index (χ4v) is 2.57. The Bertz CT molecular complexity index is 1010. The van der Waals surface area contributed by atoms with Crippen molar-refractivity contribution in [3.63, 3.8) is 0 Å². The minimum Gasteiger partial charge on any atom is -0.479 e. The number of hydrogen-bond donors (Lipinski definition) is 1. The zero-order chi connectivity index (χ0) is 18.4. The molecule has 1 aromatic heterocycles. The molecule has 0 radical (unpaired) electrons. The Kier molecular flexibility index (Phi) is 5.67. The zero-order valence-electron chi connectivity index (χ0n) is 13.6. The third-order valence-corrected chi connectivity index (χ3v) is 3.85. The van der Waals surface area contributed by atoms with E-state index < -0.39 is 11.7 Å². The van der Waals surface area contributed by atoms with E-state index in [0.29, 0.717) is 5.75 Å². The molecule has 130 valence electrons. The number of carbonyl (C=O) groups excluding carboxylic acids is 1. The highest BCUT2D eigenvalue weighted by atomic mass is 35.5. The molecule has 26 heavy (non-hydrogen) atoms. The number of pyridine rings is 1. The molecule has 0 fully saturated rings. The highest BCUT2D eigenvalue weighted by Crippen LogP contribution is 2.22. The van der Waals surface area contributed by atoms with E-state index in [-0.39, 0.29) is 23.7 Å². The number of fused-ring (bicyclic) bond motifs is 1. The topological polar surface area (TPSA) is 51.2 Å². The zero-order valence-corrected chi connectivity index (χ0v) is 14.4. The van der Waals surface area contributed by atoms with Crippen LogP contribution in [0.1, 0.15) is 10.4 Å². The number of carbonyl (C=O) groups is 1. The molecular weight excluding hydrogens is 355 g/mol. The van der Waals surface area contributed by atoms with Gasteiger partial charge in [0.2, 0.25) is 0 Å². The Morgan fingerprint density at radius 2 is 2.04 bits per heavy atom. The van der Waals surface area contributed by atoms with Gasteiger partial charge < -0.3 is 10.1 Å². The van der Waals surface area contributed by atoms with Crippen molar-refractivity contribution in [2.45, 2.75) is 0 Å². The van der Waals surface area contributed by atoms with Crippen molar-refractivity contribution >= 4 is 28.4 Å². The molecule has 0 saturated heterocycles. The van der Waals surface area contributed by atoms with Gasteiger partial charge in [0.1, 0.15) is 23.7 Å². The summed E-state index contributed by atoms with van der Waals surface area (Å²) < 4.78 is 18.6. The lowest BCUT2D eigenvalue weighted by atomic mass is 10.2. The Balaban J connectivity index is 1.52. The highest BCUT2D eigenvalue weighted by Gasteiger charge is 2.09. The molecular formula is C20H14ClFN2O2. The van der Waals surface area contributed by atoms with E-state index in [0.717, 1.165) is 17.0 Å². The van der Waals surface area contributed by atoms with E-state index in [1.54, 1.807) is 6.20 Å². The van der Waals surface area contributed by atoms with Crippen molar-refractivity contribution < 1.29 is 13.9 Å². The van der Waals surface area contributed by atoms with Gasteiger partial charge in [-0.05, 0) is 30.3 Å². The second-order valence-corrected chi connectivity index (χ2v) is 5.69. The van der Waals surface area contributed by atoms with Crippen molar-refractivity contribution in [3.8, 4) is 17.6 Å². The second-order valence-electron chi connectivity index (χ2n) is 5.28. The number of para-hydroxylation sites is 1. The van der Waals surface area contributed by atoms with Gasteiger partial charge in [-0.1, -0.05) is 41.6 Å². The van der Waals surface area contributed by atoms with Gasteiger partial charge in [-0.3, -0.25) is 9.78 Å². The number of rotatable bonds is 4. The van der Waals surface area contributed by atoms with Crippen LogP contribution in [0, 0.1) is 17.7 Å². The lowest BCUT2D eigenvalue weighted by Crippen LogP contribution is -2.24. The Hall–Kier alpha value is -3.10. The molecule has 0 aliphatic carbocycles. The molecule has 1 amide bonds. The van der Waals surface area contributed by atoms with Crippen LogP contribution in [-0.4, -0.2) is 24.0 Å². The Morgan fingerprint density at radius 1 is 1.19 bits per heavy atom. The second kappa shape index (κ2) is 8.32. The highest BCUT2D eigenvalue weighted by molar-refractivity contribution is 6.33. The van der Waals surface area contributed by atoms with Crippen LogP contribution < -0.4 is 10.1 Å². The smallest absolute Gasteiger partial charge is 0.253 e. The normalized spacial score (nSPS) is 10.1. The number of benzene rings is 2. The average Bonchev–Trinajstić information content (AvgIpc) is 2.64. The van der Waals surface area contributed by atoms with Gasteiger partial charge in [-0.15, -0.1) is 0 Å². The molecule has 0 aliphatic heterocycles. The van der Waals surface area contributed by atoms with Gasteiger partial charge in [0.15, 0.2) is 0 Å². The predicted octanol–water partition coefficient (Wildman–Crippen LogP) is 3.84. The van der Waals surface area contributed by atoms with Crippen molar-refractivity contribution in [3.05, 3.63) is 71.1 Å². The molecule has 3 aromatic rings. The van der Waals surface area contributed by atoms with Crippen LogP contribution in [0.25, 0.3) is 10.9 Å². The lowest BCUT2D eigenvalue weighted by molar-refractivity contribution is 0.0959. The van der Waals surface area contributed by atoms with Gasteiger partial charge in [0.25, 0.3) is 5.91 Å². The molecule has 1 heterocycles. The molecule has 0 unspecified atom stereocenters. The summed E-state index contributed by atoms with van der Waals surface area (Å²) in [5.41, 5.74) is 0.976. The standard InChI is InChI=1S/C20H14ClFN2O2/c21-17-13-15(22)8-9-16(17)20(25)24-10-1-2-12-26-18-7-3-5-14-6-4-11-23-19(14)18/h3-9,11,13H,10,12H2,(H,24,25). The third-order valence-electron chi connectivity index (χ3n) is 3.53. The average molecular weight is 369 g/mol. The molecule has 4 nitrogen and oxygen atoms in total. The van der Waals surface area contributed by atoms with E-state index in [4.69, 9.17) is 16.3 Å². The van der Waals surface area contributed by atoms with Crippen LogP contribution in [0.15, 0.2) is 54.7 Å². The molecule has 0 aliphatic rings. The largest absolute Gasteiger partial charge is 0.479 e. The van der Waals surface area contributed by atoms with Crippen LogP contribution in [0.5, 0.6) is 5.75 Å². The molecule has 0 atom stereocenters. The van der Waals surface area contributed by atoms with Gasteiger partial charge in [0.05, 0.1) is 17.1 Å². The number of halogens is 2. The van der Waals surface area contributed by atoms with Crippen molar-refractivity contribution in [2.75, 3.05) is 13.2 Å². The molecule has 1 N–H and O–H groups in total. The minimum absolute atomic E-state index is 0.0576. The van der Waals surface area contributed by atoms with Crippen molar-refractivity contribution in [2.24, 2.45) is 0 Å². The lowest BCUT2D eigenvalue weighted by Gasteiger charge is -2.05.